The minimum Gasteiger partial charge on any atom is -0.460 e. The first kappa shape index (κ1) is 21.4. The molecule has 0 bridgehead atoms. The summed E-state index contributed by atoms with van der Waals surface area (Å²) in [5.74, 6) is -0.349. The fourth-order valence-electron chi connectivity index (χ4n) is 1.80. The molecule has 126 valence electrons. The first-order valence-corrected chi connectivity index (χ1v) is 6.93. The van der Waals surface area contributed by atoms with E-state index in [4.69, 9.17) is 4.74 Å². The Kier molecular flexibility index (Phi) is 9.49. The Labute approximate surface area is 149 Å². The molecule has 4 nitrogen and oxygen atoms in total. The van der Waals surface area contributed by atoms with Crippen molar-refractivity contribution in [1.29, 1.82) is 0 Å². The van der Waals surface area contributed by atoms with Crippen molar-refractivity contribution in [2.75, 3.05) is 6.61 Å². The van der Waals surface area contributed by atoms with Gasteiger partial charge >= 0.3 is 5.97 Å². The molecule has 1 aromatic carbocycles. The predicted octanol–water partition coefficient (Wildman–Crippen LogP) is 3.65. The van der Waals surface area contributed by atoms with E-state index in [1.54, 1.807) is 18.3 Å². The number of esters is 1. The van der Waals surface area contributed by atoms with E-state index in [1.165, 1.54) is 11.8 Å². The van der Waals surface area contributed by atoms with Gasteiger partial charge in [0.1, 0.15) is 6.61 Å². The molecule has 0 unspecified atom stereocenters. The maximum absolute atomic E-state index is 11.9. The summed E-state index contributed by atoms with van der Waals surface area (Å²) in [7, 11) is 0. The van der Waals surface area contributed by atoms with Gasteiger partial charge in [-0.25, -0.2) is 4.79 Å². The van der Waals surface area contributed by atoms with Crippen LogP contribution in [-0.2, 0) is 11.3 Å². The van der Waals surface area contributed by atoms with Crippen LogP contribution in [0.4, 0.5) is 0 Å². The molecule has 0 aliphatic heterocycles. The third-order valence-electron chi connectivity index (χ3n) is 3.08. The summed E-state index contributed by atoms with van der Waals surface area (Å²) in [4.78, 5) is 15.8. The van der Waals surface area contributed by atoms with Gasteiger partial charge in [0.15, 0.2) is 0 Å². The van der Waals surface area contributed by atoms with Crippen molar-refractivity contribution in [1.82, 2.24) is 10.3 Å². The van der Waals surface area contributed by atoms with Gasteiger partial charge in [-0.1, -0.05) is 30.3 Å². The largest absolute Gasteiger partial charge is 0.460 e. The molecule has 0 spiro atoms. The zero-order chi connectivity index (χ0) is 15.1. The van der Waals surface area contributed by atoms with Crippen molar-refractivity contribution in [3.63, 3.8) is 0 Å². The number of benzene rings is 1. The second-order valence-electron chi connectivity index (χ2n) is 5.54. The Morgan fingerprint density at radius 2 is 1.83 bits per heavy atom. The number of pyridine rings is 1. The fraction of sp³-hybridized carbons (Fsp3) is 0.294. The highest BCUT2D eigenvalue weighted by molar-refractivity contribution is 5.88. The molecule has 0 aliphatic carbocycles. The van der Waals surface area contributed by atoms with E-state index in [-0.39, 0.29) is 36.3 Å². The first-order valence-electron chi connectivity index (χ1n) is 6.93. The topological polar surface area (TPSA) is 51.2 Å². The normalized spacial score (nSPS) is 10.2. The maximum atomic E-state index is 11.9. The van der Waals surface area contributed by atoms with Crippen LogP contribution >= 0.6 is 24.8 Å². The lowest BCUT2D eigenvalue weighted by Crippen LogP contribution is -2.43. The van der Waals surface area contributed by atoms with E-state index >= 15 is 0 Å². The number of halogens is 2. The first-order chi connectivity index (χ1) is 10.1. The highest BCUT2D eigenvalue weighted by atomic mass is 35.5. The molecule has 2 aromatic rings. The summed E-state index contributed by atoms with van der Waals surface area (Å²) in [6, 6.07) is 13.5. The number of hydrogen-bond donors (Lipinski definition) is 1. The predicted molar refractivity (Wildman–Crippen MR) is 96.4 cm³/mol. The van der Waals surface area contributed by atoms with Gasteiger partial charge in [-0.3, -0.25) is 4.98 Å². The van der Waals surface area contributed by atoms with E-state index in [9.17, 15) is 4.79 Å². The highest BCUT2D eigenvalue weighted by Gasteiger charge is 2.20. The van der Waals surface area contributed by atoms with E-state index in [1.807, 2.05) is 32.0 Å². The molecule has 23 heavy (non-hydrogen) atoms. The van der Waals surface area contributed by atoms with Gasteiger partial charge in [0, 0.05) is 24.5 Å². The second-order valence-corrected chi connectivity index (χ2v) is 5.54. The number of nitrogens with one attached hydrogen (secondary N) is 1. The molecule has 0 aliphatic rings. The van der Waals surface area contributed by atoms with Crippen LogP contribution in [0.15, 0.2) is 54.9 Å². The van der Waals surface area contributed by atoms with Crippen molar-refractivity contribution in [2.24, 2.45) is 0 Å². The number of carbonyl (C=O) groups excluding carboxylic acids is 1. The minimum atomic E-state index is -0.349. The van der Waals surface area contributed by atoms with Gasteiger partial charge in [0.25, 0.3) is 0 Å². The molecule has 2 rings (SSSR count). The van der Waals surface area contributed by atoms with E-state index in [2.05, 4.69) is 22.4 Å². The van der Waals surface area contributed by atoms with Crippen LogP contribution in [0.3, 0.4) is 0 Å². The van der Waals surface area contributed by atoms with Gasteiger partial charge in [0.05, 0.1) is 5.56 Å². The molecule has 1 N–H and O–H groups in total. The average Bonchev–Trinajstić information content (AvgIpc) is 2.53. The lowest BCUT2D eigenvalue weighted by Gasteiger charge is -2.26. The van der Waals surface area contributed by atoms with Crippen LogP contribution in [0.1, 0.15) is 29.8 Å². The molecule has 0 amide bonds. The number of ether oxygens (including phenoxy) is 1. The lowest BCUT2D eigenvalue weighted by atomic mass is 10.1. The standard InChI is InChI=1S/C17H20N2O2.2ClH/c1-17(2,19-11-14-7-4-3-5-8-14)13-21-16(20)15-9-6-10-18-12-15;;/h3-10,12,19H,11,13H2,1-2H3;2*1H. The summed E-state index contributed by atoms with van der Waals surface area (Å²) in [6.07, 6.45) is 3.13. The lowest BCUT2D eigenvalue weighted by molar-refractivity contribution is 0.0398. The molecule has 0 fully saturated rings. The van der Waals surface area contributed by atoms with Crippen LogP contribution in [-0.4, -0.2) is 23.1 Å². The Morgan fingerprint density at radius 1 is 1.13 bits per heavy atom. The summed E-state index contributed by atoms with van der Waals surface area (Å²) in [6.45, 7) is 5.05. The highest BCUT2D eigenvalue weighted by Crippen LogP contribution is 2.08. The Morgan fingerprint density at radius 3 is 2.43 bits per heavy atom. The zero-order valence-corrected chi connectivity index (χ0v) is 14.8. The molecule has 6 heteroatoms. The summed E-state index contributed by atoms with van der Waals surface area (Å²) in [5.41, 5.74) is 1.37. The number of aromatic nitrogens is 1. The molecule has 0 radical (unpaired) electrons. The number of hydrogen-bond acceptors (Lipinski definition) is 4. The van der Waals surface area contributed by atoms with Crippen LogP contribution in [0.5, 0.6) is 0 Å². The minimum absolute atomic E-state index is 0. The molecule has 1 heterocycles. The van der Waals surface area contributed by atoms with Gasteiger partial charge in [0.2, 0.25) is 0 Å². The molecule has 0 saturated carbocycles. The van der Waals surface area contributed by atoms with Crippen LogP contribution in [0.25, 0.3) is 0 Å². The van der Waals surface area contributed by atoms with Crippen molar-refractivity contribution in [3.05, 3.63) is 66.0 Å². The maximum Gasteiger partial charge on any atom is 0.339 e. The molecule has 1 aromatic heterocycles. The zero-order valence-electron chi connectivity index (χ0n) is 13.2. The van der Waals surface area contributed by atoms with Crippen molar-refractivity contribution >= 4 is 30.8 Å². The SMILES string of the molecule is CC(C)(COC(=O)c1cccnc1)NCc1ccccc1.Cl.Cl. The summed E-state index contributed by atoms with van der Waals surface area (Å²) >= 11 is 0. The average molecular weight is 357 g/mol. The molecule has 0 atom stereocenters. The molecular weight excluding hydrogens is 335 g/mol. The van der Waals surface area contributed by atoms with Crippen molar-refractivity contribution in [2.45, 2.75) is 25.9 Å². The monoisotopic (exact) mass is 356 g/mol. The van der Waals surface area contributed by atoms with Gasteiger partial charge < -0.3 is 10.1 Å². The summed E-state index contributed by atoms with van der Waals surface area (Å²) < 4.78 is 5.34. The van der Waals surface area contributed by atoms with Crippen molar-refractivity contribution in [3.8, 4) is 0 Å². The van der Waals surface area contributed by atoms with Crippen LogP contribution < -0.4 is 5.32 Å². The smallest absolute Gasteiger partial charge is 0.339 e. The van der Waals surface area contributed by atoms with E-state index in [0.717, 1.165) is 6.54 Å². The third kappa shape index (κ3) is 7.46. The fourth-order valence-corrected chi connectivity index (χ4v) is 1.80. The molecular formula is C17H22Cl2N2O2. The molecule has 0 saturated heterocycles. The third-order valence-corrected chi connectivity index (χ3v) is 3.08. The van der Waals surface area contributed by atoms with E-state index < -0.39 is 0 Å². The van der Waals surface area contributed by atoms with Crippen molar-refractivity contribution < 1.29 is 9.53 Å². The second kappa shape index (κ2) is 10.2. The Bertz CT molecular complexity index is 578. The van der Waals surface area contributed by atoms with Crippen LogP contribution in [0.2, 0.25) is 0 Å². The van der Waals surface area contributed by atoms with E-state index in [0.29, 0.717) is 12.2 Å². The summed E-state index contributed by atoms with van der Waals surface area (Å²) in [5, 5.41) is 3.39. The Hall–Kier alpha value is -1.62. The number of rotatable bonds is 6. The number of nitrogens with zero attached hydrogens (tertiary/aromatic N) is 1. The van der Waals surface area contributed by atoms with Crippen LogP contribution in [0, 0.1) is 0 Å². The van der Waals surface area contributed by atoms with Gasteiger partial charge in [-0.15, -0.1) is 24.8 Å². The number of carbonyl (C=O) groups is 1. The quantitative estimate of drug-likeness (QED) is 0.802. The van der Waals surface area contributed by atoms with Gasteiger partial charge in [-0.05, 0) is 31.5 Å². The van der Waals surface area contributed by atoms with Gasteiger partial charge in [-0.2, -0.15) is 0 Å². The Balaban J connectivity index is 0.00000242.